The highest BCUT2D eigenvalue weighted by atomic mass is 16.6. The predicted molar refractivity (Wildman–Crippen MR) is 129 cm³/mol. The first-order valence-corrected chi connectivity index (χ1v) is 12.5. The van der Waals surface area contributed by atoms with Gasteiger partial charge in [-0.1, -0.05) is 25.3 Å². The minimum atomic E-state index is -0.445. The largest absolute Gasteiger partial charge is 0.494 e. The minimum absolute atomic E-state index is 0.192. The second kappa shape index (κ2) is 9.36. The fourth-order valence-electron chi connectivity index (χ4n) is 5.56. The van der Waals surface area contributed by atoms with Gasteiger partial charge in [0.1, 0.15) is 5.60 Å². The lowest BCUT2D eigenvalue weighted by atomic mass is 9.89. The van der Waals surface area contributed by atoms with Gasteiger partial charge >= 0.3 is 6.09 Å². The number of amides is 1. The second-order valence-electron chi connectivity index (χ2n) is 11.1. The van der Waals surface area contributed by atoms with Crippen LogP contribution < -0.4 is 0 Å². The standard InChI is InChI=1S/C27H40N2O3/c1-19-14-22(15-20-10-12-28(13-11-20)26(31)32-27(2,3)4)16-23-18-29(25(30)24(19)23)17-21-8-6-5-7-9-21/h14,16,18,20-21,30H,5-13,15,17H2,1-4H3. The Hall–Kier alpha value is -2.17. The fourth-order valence-corrected chi connectivity index (χ4v) is 5.56. The Morgan fingerprint density at radius 2 is 1.75 bits per heavy atom. The molecule has 4 rings (SSSR count). The van der Waals surface area contributed by atoms with Crippen molar-refractivity contribution in [2.75, 3.05) is 13.1 Å². The zero-order valence-electron chi connectivity index (χ0n) is 20.3. The molecule has 1 saturated carbocycles. The first-order valence-electron chi connectivity index (χ1n) is 12.5. The molecule has 1 aromatic carbocycles. The van der Waals surface area contributed by atoms with Crippen molar-refractivity contribution in [1.82, 2.24) is 9.47 Å². The molecule has 2 heterocycles. The summed E-state index contributed by atoms with van der Waals surface area (Å²) in [7, 11) is 0. The predicted octanol–water partition coefficient (Wildman–Crippen LogP) is 6.43. The van der Waals surface area contributed by atoms with Crippen LogP contribution in [0.3, 0.4) is 0 Å². The Kier molecular flexibility index (Phi) is 6.73. The highest BCUT2D eigenvalue weighted by molar-refractivity contribution is 5.91. The number of carbonyl (C=O) groups is 1. The van der Waals surface area contributed by atoms with Gasteiger partial charge in [-0.05, 0) is 88.8 Å². The summed E-state index contributed by atoms with van der Waals surface area (Å²) >= 11 is 0. The van der Waals surface area contributed by atoms with Crippen molar-refractivity contribution >= 4 is 16.9 Å². The number of fused-ring (bicyclic) bond motifs is 1. The summed E-state index contributed by atoms with van der Waals surface area (Å²) < 4.78 is 7.60. The molecule has 0 unspecified atom stereocenters. The lowest BCUT2D eigenvalue weighted by Gasteiger charge is -2.33. The highest BCUT2D eigenvalue weighted by Gasteiger charge is 2.27. The van der Waals surface area contributed by atoms with Gasteiger partial charge in [-0.25, -0.2) is 4.79 Å². The number of ether oxygens (including phenoxy) is 1. The molecule has 0 atom stereocenters. The average molecular weight is 441 g/mol. The van der Waals surface area contributed by atoms with Gasteiger partial charge in [-0.3, -0.25) is 0 Å². The second-order valence-corrected chi connectivity index (χ2v) is 11.1. The fraction of sp³-hybridized carbons (Fsp3) is 0.667. The summed E-state index contributed by atoms with van der Waals surface area (Å²) in [5.74, 6) is 1.69. The van der Waals surface area contributed by atoms with Crippen molar-refractivity contribution in [3.63, 3.8) is 0 Å². The monoisotopic (exact) mass is 440 g/mol. The zero-order valence-corrected chi connectivity index (χ0v) is 20.3. The maximum Gasteiger partial charge on any atom is 0.410 e. The van der Waals surface area contributed by atoms with E-state index >= 15 is 0 Å². The Morgan fingerprint density at radius 3 is 2.41 bits per heavy atom. The molecule has 5 nitrogen and oxygen atoms in total. The number of hydrogen-bond donors (Lipinski definition) is 1. The summed E-state index contributed by atoms with van der Waals surface area (Å²) in [6.45, 7) is 10.3. The summed E-state index contributed by atoms with van der Waals surface area (Å²) in [4.78, 5) is 14.2. The van der Waals surface area contributed by atoms with Gasteiger partial charge in [0.05, 0.1) is 0 Å². The summed E-state index contributed by atoms with van der Waals surface area (Å²) in [5.41, 5.74) is 2.05. The lowest BCUT2D eigenvalue weighted by molar-refractivity contribution is 0.0184. The normalized spacial score (nSPS) is 18.9. The van der Waals surface area contributed by atoms with Crippen LogP contribution in [0.15, 0.2) is 18.3 Å². The SMILES string of the molecule is Cc1cc(CC2CCN(C(=O)OC(C)(C)C)CC2)cc2cn(CC3CCCCC3)c(O)c12. The molecular formula is C27H40N2O3. The number of aromatic hydroxyl groups is 1. The van der Waals surface area contributed by atoms with Crippen molar-refractivity contribution in [3.8, 4) is 5.88 Å². The molecule has 1 aliphatic carbocycles. The molecule has 2 aromatic rings. The average Bonchev–Trinajstić information content (AvgIpc) is 3.03. The van der Waals surface area contributed by atoms with E-state index in [0.29, 0.717) is 17.7 Å². The number of benzene rings is 1. The molecule has 32 heavy (non-hydrogen) atoms. The van der Waals surface area contributed by atoms with E-state index in [1.54, 1.807) is 0 Å². The number of rotatable bonds is 4. The van der Waals surface area contributed by atoms with Gasteiger partial charge in [-0.15, -0.1) is 0 Å². The van der Waals surface area contributed by atoms with Crippen LogP contribution in [0, 0.1) is 18.8 Å². The zero-order chi connectivity index (χ0) is 22.9. The van der Waals surface area contributed by atoms with Crippen LogP contribution in [0.5, 0.6) is 5.88 Å². The van der Waals surface area contributed by atoms with Gasteiger partial charge in [-0.2, -0.15) is 0 Å². The van der Waals surface area contributed by atoms with Gasteiger partial charge < -0.3 is 19.3 Å². The maximum atomic E-state index is 12.3. The van der Waals surface area contributed by atoms with Crippen molar-refractivity contribution in [2.45, 2.75) is 91.2 Å². The first kappa shape index (κ1) is 23.0. The third kappa shape index (κ3) is 5.41. The number of aryl methyl sites for hydroxylation is 1. The van der Waals surface area contributed by atoms with E-state index < -0.39 is 5.60 Å². The number of hydrogen-bond acceptors (Lipinski definition) is 3. The van der Waals surface area contributed by atoms with Crippen LogP contribution in [-0.4, -0.2) is 39.4 Å². The van der Waals surface area contributed by atoms with Crippen molar-refractivity contribution in [3.05, 3.63) is 29.5 Å². The summed E-state index contributed by atoms with van der Waals surface area (Å²) in [6, 6.07) is 4.51. The van der Waals surface area contributed by atoms with Crippen LogP contribution in [0.25, 0.3) is 10.8 Å². The van der Waals surface area contributed by atoms with Crippen LogP contribution in [0.4, 0.5) is 4.79 Å². The first-order chi connectivity index (χ1) is 15.2. The van der Waals surface area contributed by atoms with Crippen LogP contribution in [0.1, 0.15) is 76.8 Å². The van der Waals surface area contributed by atoms with Gasteiger partial charge in [0.2, 0.25) is 0 Å². The van der Waals surface area contributed by atoms with Crippen LogP contribution in [0.2, 0.25) is 0 Å². The molecule has 1 saturated heterocycles. The van der Waals surface area contributed by atoms with Crippen LogP contribution >= 0.6 is 0 Å². The molecule has 1 amide bonds. The Balaban J connectivity index is 1.40. The molecule has 1 aromatic heterocycles. The maximum absolute atomic E-state index is 12.3. The molecule has 2 aliphatic rings. The van der Waals surface area contributed by atoms with E-state index in [0.717, 1.165) is 55.2 Å². The molecule has 2 fully saturated rings. The molecule has 1 aliphatic heterocycles. The summed E-state index contributed by atoms with van der Waals surface area (Å²) in [6.07, 6.45) is 11.5. The smallest absolute Gasteiger partial charge is 0.410 e. The molecular weight excluding hydrogens is 400 g/mol. The summed E-state index contributed by atoms with van der Waals surface area (Å²) in [5, 5.41) is 13.0. The van der Waals surface area contributed by atoms with Gasteiger partial charge in [0, 0.05) is 36.6 Å². The molecule has 176 valence electrons. The lowest BCUT2D eigenvalue weighted by Crippen LogP contribution is -2.42. The Morgan fingerprint density at radius 1 is 1.06 bits per heavy atom. The van der Waals surface area contributed by atoms with E-state index in [-0.39, 0.29) is 6.09 Å². The number of aromatic nitrogens is 1. The molecule has 0 spiro atoms. The molecule has 5 heteroatoms. The van der Waals surface area contributed by atoms with E-state index in [1.807, 2.05) is 25.7 Å². The van der Waals surface area contributed by atoms with Crippen molar-refractivity contribution < 1.29 is 14.6 Å². The van der Waals surface area contributed by atoms with E-state index in [2.05, 4.69) is 29.8 Å². The van der Waals surface area contributed by atoms with Gasteiger partial charge in [0.15, 0.2) is 5.88 Å². The quantitative estimate of drug-likeness (QED) is 0.596. The number of nitrogens with zero attached hydrogens (tertiary/aromatic N) is 2. The Labute approximate surface area is 192 Å². The highest BCUT2D eigenvalue weighted by Crippen LogP contribution is 2.35. The molecule has 0 radical (unpaired) electrons. The molecule has 0 bridgehead atoms. The van der Waals surface area contributed by atoms with Crippen molar-refractivity contribution in [1.29, 1.82) is 0 Å². The Bertz CT molecular complexity index is 942. The number of carbonyl (C=O) groups excluding carboxylic acids is 1. The molecule has 1 N–H and O–H groups in total. The third-order valence-corrected chi connectivity index (χ3v) is 7.19. The number of likely N-dealkylation sites (tertiary alicyclic amines) is 1. The van der Waals surface area contributed by atoms with Crippen LogP contribution in [-0.2, 0) is 17.7 Å². The number of piperidine rings is 1. The van der Waals surface area contributed by atoms with E-state index in [1.165, 1.54) is 37.7 Å². The van der Waals surface area contributed by atoms with E-state index in [9.17, 15) is 9.90 Å². The van der Waals surface area contributed by atoms with Crippen molar-refractivity contribution in [2.24, 2.45) is 11.8 Å². The van der Waals surface area contributed by atoms with Gasteiger partial charge in [0.25, 0.3) is 0 Å². The van der Waals surface area contributed by atoms with E-state index in [4.69, 9.17) is 4.74 Å². The topological polar surface area (TPSA) is 54.7 Å². The minimum Gasteiger partial charge on any atom is -0.494 e. The third-order valence-electron chi connectivity index (χ3n) is 7.19.